The summed E-state index contributed by atoms with van der Waals surface area (Å²) in [5.41, 5.74) is 4.67. The molecular weight excluding hydrogens is 408 g/mol. The number of methoxy groups -OCH3 is 1. The molecule has 0 aliphatic rings. The van der Waals surface area contributed by atoms with Crippen molar-refractivity contribution in [1.29, 1.82) is 0 Å². The maximum absolute atomic E-state index is 12.4. The van der Waals surface area contributed by atoms with Crippen molar-refractivity contribution >= 4 is 42.5 Å². The summed E-state index contributed by atoms with van der Waals surface area (Å²) in [5.74, 6) is 0.538. The fraction of sp³-hybridized carbons (Fsp3) is 0.125. The van der Waals surface area contributed by atoms with Crippen LogP contribution in [0.2, 0.25) is 0 Å². The lowest BCUT2D eigenvalue weighted by Crippen LogP contribution is -2.29. The van der Waals surface area contributed by atoms with Crippen LogP contribution in [0.3, 0.4) is 0 Å². The van der Waals surface area contributed by atoms with E-state index in [9.17, 15) is 8.42 Å². The van der Waals surface area contributed by atoms with Gasteiger partial charge >= 0.3 is 0 Å². The Morgan fingerprint density at radius 3 is 2.56 bits per heavy atom. The maximum Gasteiger partial charge on any atom is 0.257 e. The molecule has 3 aromatic rings. The molecule has 3 rings (SSSR count). The van der Waals surface area contributed by atoms with Crippen LogP contribution in [0.4, 0.5) is 5.69 Å². The zero-order valence-electron chi connectivity index (χ0n) is 13.4. The van der Waals surface area contributed by atoms with Gasteiger partial charge in [-0.1, -0.05) is 33.6 Å². The highest BCUT2D eigenvalue weighted by molar-refractivity contribution is 9.10. The molecule has 0 fully saturated rings. The molecule has 7 nitrogen and oxygen atoms in total. The van der Waals surface area contributed by atoms with Gasteiger partial charge in [0.1, 0.15) is 5.75 Å². The molecule has 0 bridgehead atoms. The summed E-state index contributed by atoms with van der Waals surface area (Å²) in [6, 6.07) is 10.1. The number of halogens is 1. The lowest BCUT2D eigenvalue weighted by molar-refractivity contribution is 0.419. The molecule has 0 radical (unpaired) electrons. The largest absolute Gasteiger partial charge is 0.496 e. The van der Waals surface area contributed by atoms with E-state index in [1.807, 2.05) is 6.92 Å². The molecule has 2 N–H and O–H groups in total. The summed E-state index contributed by atoms with van der Waals surface area (Å²) in [6.07, 6.45) is 1.43. The maximum atomic E-state index is 12.4. The van der Waals surface area contributed by atoms with Gasteiger partial charge in [-0.2, -0.15) is 10.2 Å². The first kappa shape index (κ1) is 17.6. The predicted molar refractivity (Wildman–Crippen MR) is 98.9 cm³/mol. The molecule has 0 saturated carbocycles. The van der Waals surface area contributed by atoms with Crippen LogP contribution in [-0.2, 0) is 10.0 Å². The minimum absolute atomic E-state index is 0.159. The van der Waals surface area contributed by atoms with Crippen molar-refractivity contribution in [3.05, 3.63) is 52.6 Å². The van der Waals surface area contributed by atoms with Crippen molar-refractivity contribution in [2.24, 2.45) is 0 Å². The number of rotatable bonds is 5. The average Bonchev–Trinajstić information content (AvgIpc) is 2.59. The van der Waals surface area contributed by atoms with Crippen molar-refractivity contribution in [3.8, 4) is 5.75 Å². The van der Waals surface area contributed by atoms with Gasteiger partial charge in [0.15, 0.2) is 0 Å². The first-order chi connectivity index (χ1) is 11.9. The lowest BCUT2D eigenvalue weighted by atomic mass is 10.2. The molecule has 0 atom stereocenters. The van der Waals surface area contributed by atoms with E-state index in [0.717, 1.165) is 10.0 Å². The second kappa shape index (κ2) is 6.95. The molecule has 2 aromatic carbocycles. The Morgan fingerprint density at radius 1 is 1.16 bits per heavy atom. The van der Waals surface area contributed by atoms with Crippen LogP contribution >= 0.6 is 15.9 Å². The van der Waals surface area contributed by atoms with Gasteiger partial charge in [0.2, 0.25) is 0 Å². The Bertz CT molecular complexity index is 1020. The minimum Gasteiger partial charge on any atom is -0.496 e. The summed E-state index contributed by atoms with van der Waals surface area (Å²) in [6.45, 7) is 1.89. The van der Waals surface area contributed by atoms with Crippen LogP contribution < -0.4 is 15.0 Å². The third-order valence-corrected chi connectivity index (χ3v) is 5.26. The fourth-order valence-electron chi connectivity index (χ4n) is 2.29. The molecule has 1 aromatic heterocycles. The van der Waals surface area contributed by atoms with Crippen LogP contribution in [-0.4, -0.2) is 25.7 Å². The Kier molecular flexibility index (Phi) is 4.89. The van der Waals surface area contributed by atoms with E-state index in [1.165, 1.54) is 13.3 Å². The molecule has 0 spiro atoms. The van der Waals surface area contributed by atoms with Gasteiger partial charge in [0.05, 0.1) is 34.8 Å². The van der Waals surface area contributed by atoms with Gasteiger partial charge in [-0.3, -0.25) is 0 Å². The van der Waals surface area contributed by atoms with Gasteiger partial charge < -0.3 is 10.2 Å². The van der Waals surface area contributed by atoms with Crippen molar-refractivity contribution < 1.29 is 13.2 Å². The lowest BCUT2D eigenvalue weighted by Gasteiger charge is -2.13. The summed E-state index contributed by atoms with van der Waals surface area (Å²) in [5, 5.41) is 8.55. The zero-order chi connectivity index (χ0) is 18.0. The number of ether oxygens (including phenoxy) is 1. The Morgan fingerprint density at radius 2 is 1.88 bits per heavy atom. The SMILES string of the molecule is COc1cc(Br)cc2nncc(NNS(=O)(=O)c3ccc(C)cc3)c12. The fourth-order valence-corrected chi connectivity index (χ4v) is 3.57. The number of nitrogens with one attached hydrogen (secondary N) is 2. The number of fused-ring (bicyclic) bond motifs is 1. The van der Waals surface area contributed by atoms with Gasteiger partial charge in [-0.05, 0) is 31.2 Å². The highest BCUT2D eigenvalue weighted by Gasteiger charge is 2.16. The van der Waals surface area contributed by atoms with E-state index in [0.29, 0.717) is 22.3 Å². The second-order valence-electron chi connectivity index (χ2n) is 5.30. The number of sulfonamides is 1. The Labute approximate surface area is 153 Å². The molecule has 25 heavy (non-hydrogen) atoms. The highest BCUT2D eigenvalue weighted by Crippen LogP contribution is 2.33. The molecule has 0 unspecified atom stereocenters. The van der Waals surface area contributed by atoms with Crippen molar-refractivity contribution in [2.75, 3.05) is 12.5 Å². The molecule has 0 aliphatic carbocycles. The number of hydrazine groups is 1. The first-order valence-electron chi connectivity index (χ1n) is 7.24. The molecule has 130 valence electrons. The number of hydrogen-bond acceptors (Lipinski definition) is 6. The normalized spacial score (nSPS) is 11.5. The molecule has 0 aliphatic heterocycles. The monoisotopic (exact) mass is 422 g/mol. The summed E-state index contributed by atoms with van der Waals surface area (Å²) < 4.78 is 31.0. The van der Waals surface area contributed by atoms with Gasteiger partial charge in [-0.15, -0.1) is 4.83 Å². The third-order valence-electron chi connectivity index (χ3n) is 3.54. The first-order valence-corrected chi connectivity index (χ1v) is 9.52. The predicted octanol–water partition coefficient (Wildman–Crippen LogP) is 3.01. The molecule has 1 heterocycles. The number of nitrogens with zero attached hydrogens (tertiary/aromatic N) is 2. The standard InChI is InChI=1S/C16H15BrN4O3S/c1-10-3-5-12(6-4-10)25(22,23)21-20-14-9-18-19-13-7-11(17)8-15(24-2)16(13)14/h3-9,21H,1-2H3,(H,19,20). The van der Waals surface area contributed by atoms with Crippen LogP contribution in [0.15, 0.2) is 52.0 Å². The summed E-state index contributed by atoms with van der Waals surface area (Å²) >= 11 is 3.38. The van der Waals surface area contributed by atoms with Crippen LogP contribution in [0.25, 0.3) is 10.9 Å². The van der Waals surface area contributed by atoms with E-state index < -0.39 is 10.0 Å². The number of aryl methyl sites for hydroxylation is 1. The smallest absolute Gasteiger partial charge is 0.257 e. The van der Waals surface area contributed by atoms with Crippen molar-refractivity contribution in [2.45, 2.75) is 11.8 Å². The number of anilines is 1. The van der Waals surface area contributed by atoms with Crippen molar-refractivity contribution in [1.82, 2.24) is 15.0 Å². The van der Waals surface area contributed by atoms with Gasteiger partial charge in [0, 0.05) is 4.47 Å². The van der Waals surface area contributed by atoms with E-state index in [-0.39, 0.29) is 4.90 Å². The van der Waals surface area contributed by atoms with E-state index in [1.54, 1.807) is 36.4 Å². The van der Waals surface area contributed by atoms with E-state index in [4.69, 9.17) is 4.74 Å². The Balaban J connectivity index is 1.94. The highest BCUT2D eigenvalue weighted by atomic mass is 79.9. The molecule has 0 saturated heterocycles. The van der Waals surface area contributed by atoms with Crippen LogP contribution in [0, 0.1) is 6.92 Å². The third kappa shape index (κ3) is 3.73. The van der Waals surface area contributed by atoms with Crippen LogP contribution in [0.5, 0.6) is 5.75 Å². The number of aromatic nitrogens is 2. The molecular formula is C16H15BrN4O3S. The van der Waals surface area contributed by atoms with Gasteiger partial charge in [-0.25, -0.2) is 8.42 Å². The van der Waals surface area contributed by atoms with Gasteiger partial charge in [0.25, 0.3) is 10.0 Å². The summed E-state index contributed by atoms with van der Waals surface area (Å²) in [4.78, 5) is 2.52. The second-order valence-corrected chi connectivity index (χ2v) is 7.90. The van der Waals surface area contributed by atoms with E-state index in [2.05, 4.69) is 36.4 Å². The van der Waals surface area contributed by atoms with E-state index >= 15 is 0 Å². The number of benzene rings is 2. The Hall–Kier alpha value is -2.23. The zero-order valence-corrected chi connectivity index (χ0v) is 15.8. The number of hydrogen-bond donors (Lipinski definition) is 2. The molecule has 0 amide bonds. The van der Waals surface area contributed by atoms with Crippen molar-refractivity contribution in [3.63, 3.8) is 0 Å². The minimum atomic E-state index is -3.73. The summed E-state index contributed by atoms with van der Waals surface area (Å²) in [7, 11) is -2.20. The average molecular weight is 423 g/mol. The quantitative estimate of drug-likeness (QED) is 0.613. The van der Waals surface area contributed by atoms with Crippen LogP contribution in [0.1, 0.15) is 5.56 Å². The topological polar surface area (TPSA) is 93.2 Å². The molecule has 9 heteroatoms.